The fraction of sp³-hybridized carbons (Fsp3) is 0.167. The molecule has 1 amide bonds. The number of halogens is 1. The number of hydrogen-bond acceptors (Lipinski definition) is 4. The van der Waals surface area contributed by atoms with Crippen LogP contribution in [0.15, 0.2) is 59.1 Å². The van der Waals surface area contributed by atoms with E-state index in [0.717, 1.165) is 11.3 Å². The van der Waals surface area contributed by atoms with Crippen molar-refractivity contribution in [1.29, 1.82) is 0 Å². The van der Waals surface area contributed by atoms with E-state index in [4.69, 9.17) is 16.1 Å². The molecule has 0 saturated carbocycles. The highest BCUT2D eigenvalue weighted by Crippen LogP contribution is 2.32. The number of rotatable bonds is 3. The number of carbonyl (C=O) groups is 1. The molecule has 0 spiro atoms. The van der Waals surface area contributed by atoms with Crippen LogP contribution in [0.5, 0.6) is 0 Å². The fourth-order valence-corrected chi connectivity index (χ4v) is 2.98. The van der Waals surface area contributed by atoms with Crippen LogP contribution in [0.2, 0.25) is 5.02 Å². The van der Waals surface area contributed by atoms with E-state index in [1.807, 2.05) is 42.5 Å². The maximum absolute atomic E-state index is 12.3. The summed E-state index contributed by atoms with van der Waals surface area (Å²) in [4.78, 5) is 18.5. The van der Waals surface area contributed by atoms with Gasteiger partial charge in [0.1, 0.15) is 0 Å². The lowest BCUT2D eigenvalue weighted by Crippen LogP contribution is -2.24. The quantitative estimate of drug-likeness (QED) is 0.726. The Morgan fingerprint density at radius 1 is 1.08 bits per heavy atom. The molecule has 1 saturated heterocycles. The zero-order chi connectivity index (χ0) is 16.5. The molecule has 1 aromatic heterocycles. The first-order valence-electron chi connectivity index (χ1n) is 7.65. The van der Waals surface area contributed by atoms with Crippen LogP contribution in [0.1, 0.15) is 18.2 Å². The van der Waals surface area contributed by atoms with Gasteiger partial charge in [-0.05, 0) is 24.3 Å². The van der Waals surface area contributed by atoms with Gasteiger partial charge in [-0.1, -0.05) is 47.1 Å². The second-order valence-corrected chi connectivity index (χ2v) is 6.14. The Kier molecular flexibility index (Phi) is 3.78. The minimum absolute atomic E-state index is 0.0433. The monoisotopic (exact) mass is 339 g/mol. The molecule has 2 heterocycles. The first-order valence-corrected chi connectivity index (χ1v) is 8.03. The Morgan fingerprint density at radius 3 is 2.58 bits per heavy atom. The van der Waals surface area contributed by atoms with Crippen LogP contribution in [-0.4, -0.2) is 22.6 Å². The molecule has 1 fully saturated rings. The summed E-state index contributed by atoms with van der Waals surface area (Å²) < 4.78 is 5.39. The highest BCUT2D eigenvalue weighted by molar-refractivity contribution is 6.30. The van der Waals surface area contributed by atoms with Gasteiger partial charge < -0.3 is 9.42 Å². The molecular formula is C18H14ClN3O2. The predicted octanol–water partition coefficient (Wildman–Crippen LogP) is 3.91. The summed E-state index contributed by atoms with van der Waals surface area (Å²) >= 11 is 5.90. The Bertz CT molecular complexity index is 861. The van der Waals surface area contributed by atoms with Crippen molar-refractivity contribution in [3.8, 4) is 11.4 Å². The number of nitrogens with zero attached hydrogens (tertiary/aromatic N) is 3. The molecule has 3 aromatic rings. The zero-order valence-electron chi connectivity index (χ0n) is 12.7. The third-order valence-electron chi connectivity index (χ3n) is 4.09. The summed E-state index contributed by atoms with van der Waals surface area (Å²) in [5, 5.41) is 4.68. The van der Waals surface area contributed by atoms with Gasteiger partial charge in [0, 0.05) is 29.2 Å². The molecule has 1 atom stereocenters. The fourth-order valence-electron chi connectivity index (χ4n) is 2.85. The average molecular weight is 340 g/mol. The molecule has 1 unspecified atom stereocenters. The topological polar surface area (TPSA) is 59.2 Å². The van der Waals surface area contributed by atoms with Crippen LogP contribution in [0, 0.1) is 0 Å². The molecule has 1 aliphatic heterocycles. The molecule has 5 nitrogen and oxygen atoms in total. The van der Waals surface area contributed by atoms with Crippen LogP contribution in [0.4, 0.5) is 5.69 Å². The van der Waals surface area contributed by atoms with Gasteiger partial charge in [0.25, 0.3) is 0 Å². The molecule has 2 aromatic carbocycles. The van der Waals surface area contributed by atoms with Gasteiger partial charge >= 0.3 is 0 Å². The Morgan fingerprint density at radius 2 is 1.83 bits per heavy atom. The van der Waals surface area contributed by atoms with Crippen LogP contribution >= 0.6 is 11.6 Å². The van der Waals surface area contributed by atoms with Crippen molar-refractivity contribution in [2.45, 2.75) is 12.3 Å². The maximum Gasteiger partial charge on any atom is 0.232 e. The minimum atomic E-state index is -0.0989. The van der Waals surface area contributed by atoms with Gasteiger partial charge in [0.15, 0.2) is 0 Å². The highest BCUT2D eigenvalue weighted by Gasteiger charge is 2.35. The van der Waals surface area contributed by atoms with Gasteiger partial charge in [-0.15, -0.1) is 0 Å². The lowest BCUT2D eigenvalue weighted by Gasteiger charge is -2.15. The molecule has 6 heteroatoms. The molecule has 1 aliphatic rings. The van der Waals surface area contributed by atoms with Crippen molar-refractivity contribution in [2.24, 2.45) is 0 Å². The third kappa shape index (κ3) is 2.78. The van der Waals surface area contributed by atoms with E-state index in [1.54, 1.807) is 17.0 Å². The van der Waals surface area contributed by atoms with Crippen LogP contribution < -0.4 is 4.90 Å². The second-order valence-electron chi connectivity index (χ2n) is 5.70. The molecule has 4 rings (SSSR count). The SMILES string of the molecule is O=C1CC(c2nc(-c3ccccc3)no2)CN1c1ccc(Cl)cc1. The van der Waals surface area contributed by atoms with Crippen molar-refractivity contribution in [3.63, 3.8) is 0 Å². The number of anilines is 1. The Balaban J connectivity index is 1.55. The normalized spacial score (nSPS) is 17.5. The first kappa shape index (κ1) is 14.9. The summed E-state index contributed by atoms with van der Waals surface area (Å²) in [5.74, 6) is 0.988. The number of benzene rings is 2. The summed E-state index contributed by atoms with van der Waals surface area (Å²) in [6.45, 7) is 0.525. The van der Waals surface area contributed by atoms with E-state index in [9.17, 15) is 4.79 Å². The van der Waals surface area contributed by atoms with E-state index < -0.39 is 0 Å². The van der Waals surface area contributed by atoms with Gasteiger partial charge in [-0.2, -0.15) is 4.98 Å². The third-order valence-corrected chi connectivity index (χ3v) is 4.34. The largest absolute Gasteiger partial charge is 0.339 e. The molecule has 0 bridgehead atoms. The molecular weight excluding hydrogens is 326 g/mol. The van der Waals surface area contributed by atoms with Crippen LogP contribution in [0.25, 0.3) is 11.4 Å². The molecule has 120 valence electrons. The zero-order valence-corrected chi connectivity index (χ0v) is 13.5. The average Bonchev–Trinajstić information content (AvgIpc) is 3.23. The van der Waals surface area contributed by atoms with E-state index >= 15 is 0 Å². The lowest BCUT2D eigenvalue weighted by atomic mass is 10.1. The Hall–Kier alpha value is -2.66. The highest BCUT2D eigenvalue weighted by atomic mass is 35.5. The first-order chi connectivity index (χ1) is 11.7. The standard InChI is InChI=1S/C18H14ClN3O2/c19-14-6-8-15(9-7-14)22-11-13(10-16(22)23)18-20-17(21-24-18)12-4-2-1-3-5-12/h1-9,13H,10-11H2. The summed E-state index contributed by atoms with van der Waals surface area (Å²) in [6.07, 6.45) is 0.360. The molecule has 0 radical (unpaired) electrons. The van der Waals surface area contributed by atoms with Crippen LogP contribution in [-0.2, 0) is 4.79 Å². The molecule has 0 aliphatic carbocycles. The number of amides is 1. The van der Waals surface area contributed by atoms with Crippen molar-refractivity contribution >= 4 is 23.2 Å². The molecule has 0 N–H and O–H groups in total. The second kappa shape index (κ2) is 6.09. The van der Waals surface area contributed by atoms with E-state index in [-0.39, 0.29) is 11.8 Å². The van der Waals surface area contributed by atoms with Gasteiger partial charge in [0.2, 0.25) is 17.6 Å². The summed E-state index contributed by atoms with van der Waals surface area (Å²) in [5.41, 5.74) is 1.72. The van der Waals surface area contributed by atoms with E-state index in [2.05, 4.69) is 10.1 Å². The number of aromatic nitrogens is 2. The van der Waals surface area contributed by atoms with E-state index in [0.29, 0.717) is 29.7 Å². The van der Waals surface area contributed by atoms with Gasteiger partial charge in [0.05, 0.1) is 5.92 Å². The smallest absolute Gasteiger partial charge is 0.232 e. The van der Waals surface area contributed by atoms with Crippen LogP contribution in [0.3, 0.4) is 0 Å². The number of carbonyl (C=O) groups excluding carboxylic acids is 1. The van der Waals surface area contributed by atoms with Crippen molar-refractivity contribution < 1.29 is 9.32 Å². The van der Waals surface area contributed by atoms with Gasteiger partial charge in [-0.25, -0.2) is 0 Å². The van der Waals surface area contributed by atoms with Gasteiger partial charge in [-0.3, -0.25) is 4.79 Å². The van der Waals surface area contributed by atoms with Crippen molar-refractivity contribution in [1.82, 2.24) is 10.1 Å². The Labute approximate surface area is 143 Å². The maximum atomic E-state index is 12.3. The van der Waals surface area contributed by atoms with E-state index in [1.165, 1.54) is 0 Å². The van der Waals surface area contributed by atoms with Crippen molar-refractivity contribution in [2.75, 3.05) is 11.4 Å². The lowest BCUT2D eigenvalue weighted by molar-refractivity contribution is -0.117. The molecule has 24 heavy (non-hydrogen) atoms. The number of hydrogen-bond donors (Lipinski definition) is 0. The van der Waals surface area contributed by atoms with Crippen molar-refractivity contribution in [3.05, 3.63) is 65.5 Å². The minimum Gasteiger partial charge on any atom is -0.339 e. The summed E-state index contributed by atoms with van der Waals surface area (Å²) in [7, 11) is 0. The summed E-state index contributed by atoms with van der Waals surface area (Å²) in [6, 6.07) is 16.9. The predicted molar refractivity (Wildman–Crippen MR) is 90.9 cm³/mol.